The molecule has 18 heteroatoms. The monoisotopic (exact) mass is 691 g/mol. The molecule has 2 aromatic carbocycles. The lowest BCUT2D eigenvalue weighted by atomic mass is 9.97. The first-order valence-corrected chi connectivity index (χ1v) is 13.8. The SMILES string of the molecule is COc1cc(COc2ccc(C3CCN(C(C(=O)NO)C(C)C)C3=O)cc2)c2ccccc2n1.O=C(O)C(F)(F)F.O=C(O)C(F)(F)F. The number of hydrogen-bond donors (Lipinski definition) is 4. The molecule has 262 valence electrons. The van der Waals surface area contributed by atoms with E-state index >= 15 is 0 Å². The summed E-state index contributed by atoms with van der Waals surface area (Å²) in [6.07, 6.45) is -9.55. The Bertz CT molecular complexity index is 1560. The molecule has 48 heavy (non-hydrogen) atoms. The Morgan fingerprint density at radius 2 is 1.52 bits per heavy atom. The van der Waals surface area contributed by atoms with Crippen LogP contribution >= 0.6 is 0 Å². The van der Waals surface area contributed by atoms with E-state index in [0.29, 0.717) is 31.2 Å². The molecule has 1 aliphatic heterocycles. The fourth-order valence-corrected chi connectivity index (χ4v) is 4.56. The highest BCUT2D eigenvalue weighted by molar-refractivity contribution is 5.92. The van der Waals surface area contributed by atoms with Crippen LogP contribution < -0.4 is 15.0 Å². The number of hydrogen-bond acceptors (Lipinski definition) is 8. The van der Waals surface area contributed by atoms with Crippen LogP contribution in [0.1, 0.15) is 37.3 Å². The van der Waals surface area contributed by atoms with Crippen molar-refractivity contribution in [1.29, 1.82) is 0 Å². The third-order valence-electron chi connectivity index (χ3n) is 6.74. The van der Waals surface area contributed by atoms with E-state index < -0.39 is 36.2 Å². The highest BCUT2D eigenvalue weighted by atomic mass is 19.4. The number of ether oxygens (including phenoxy) is 2. The number of rotatable bonds is 8. The number of benzene rings is 2. The quantitative estimate of drug-likeness (QED) is 0.144. The van der Waals surface area contributed by atoms with Crippen LogP contribution in [0.3, 0.4) is 0 Å². The van der Waals surface area contributed by atoms with Gasteiger partial charge in [0, 0.05) is 23.6 Å². The van der Waals surface area contributed by atoms with Crippen molar-refractivity contribution in [3.8, 4) is 11.6 Å². The van der Waals surface area contributed by atoms with Crippen LogP contribution in [0.15, 0.2) is 54.6 Å². The molecule has 2 heterocycles. The van der Waals surface area contributed by atoms with Crippen molar-refractivity contribution in [2.24, 2.45) is 5.92 Å². The number of methoxy groups -OCH3 is 1. The number of carbonyl (C=O) groups excluding carboxylic acids is 2. The van der Waals surface area contributed by atoms with Crippen LogP contribution in [0, 0.1) is 5.92 Å². The lowest BCUT2D eigenvalue weighted by Crippen LogP contribution is -2.50. The van der Waals surface area contributed by atoms with E-state index in [9.17, 15) is 35.9 Å². The fourth-order valence-electron chi connectivity index (χ4n) is 4.56. The van der Waals surface area contributed by atoms with Crippen LogP contribution in [0.4, 0.5) is 26.3 Å². The molecule has 0 saturated carbocycles. The third-order valence-corrected chi connectivity index (χ3v) is 6.74. The zero-order chi connectivity index (χ0) is 36.4. The van der Waals surface area contributed by atoms with E-state index in [4.69, 9.17) is 34.5 Å². The average Bonchev–Trinajstić information content (AvgIpc) is 3.39. The minimum atomic E-state index is -5.08. The summed E-state index contributed by atoms with van der Waals surface area (Å²) in [5.41, 5.74) is 4.38. The van der Waals surface area contributed by atoms with Crippen molar-refractivity contribution in [1.82, 2.24) is 15.4 Å². The Labute approximate surface area is 268 Å². The van der Waals surface area contributed by atoms with Gasteiger partial charge in [-0.1, -0.05) is 44.2 Å². The van der Waals surface area contributed by atoms with Gasteiger partial charge in [0.2, 0.25) is 11.8 Å². The first-order valence-electron chi connectivity index (χ1n) is 13.8. The van der Waals surface area contributed by atoms with Crippen LogP contribution in [0.25, 0.3) is 10.9 Å². The summed E-state index contributed by atoms with van der Waals surface area (Å²) in [5.74, 6) is -5.40. The second kappa shape index (κ2) is 16.6. The number of aliphatic carboxylic acids is 2. The van der Waals surface area contributed by atoms with E-state index in [0.717, 1.165) is 22.0 Å². The van der Waals surface area contributed by atoms with Crippen molar-refractivity contribution >= 4 is 34.7 Å². The number of carbonyl (C=O) groups is 4. The van der Waals surface area contributed by atoms with Gasteiger partial charge in [-0.3, -0.25) is 14.8 Å². The summed E-state index contributed by atoms with van der Waals surface area (Å²) in [6, 6.07) is 16.5. The molecule has 3 aromatic rings. The topological polar surface area (TPSA) is 176 Å². The number of pyridine rings is 1. The number of para-hydroxylation sites is 1. The van der Waals surface area contributed by atoms with Gasteiger partial charge in [-0.25, -0.2) is 20.1 Å². The van der Waals surface area contributed by atoms with Gasteiger partial charge >= 0.3 is 24.3 Å². The fraction of sp³-hybridized carbons (Fsp3) is 0.367. The van der Waals surface area contributed by atoms with Crippen LogP contribution in [-0.2, 0) is 25.8 Å². The number of likely N-dealkylation sites (tertiary alicyclic amines) is 1. The summed E-state index contributed by atoms with van der Waals surface area (Å²) in [4.78, 5) is 49.0. The van der Waals surface area contributed by atoms with Crippen molar-refractivity contribution in [3.05, 3.63) is 65.7 Å². The number of amides is 2. The van der Waals surface area contributed by atoms with Crippen molar-refractivity contribution in [2.45, 2.75) is 51.2 Å². The highest BCUT2D eigenvalue weighted by Gasteiger charge is 2.41. The van der Waals surface area contributed by atoms with Gasteiger partial charge in [-0.15, -0.1) is 0 Å². The molecule has 0 radical (unpaired) electrons. The zero-order valence-electron chi connectivity index (χ0n) is 25.5. The van der Waals surface area contributed by atoms with E-state index in [1.165, 1.54) is 0 Å². The van der Waals surface area contributed by atoms with E-state index in [-0.39, 0.29) is 17.7 Å². The predicted molar refractivity (Wildman–Crippen MR) is 154 cm³/mol. The lowest BCUT2D eigenvalue weighted by molar-refractivity contribution is -0.193. The van der Waals surface area contributed by atoms with Gasteiger partial charge in [0.25, 0.3) is 5.91 Å². The van der Waals surface area contributed by atoms with Gasteiger partial charge in [-0.05, 0) is 36.1 Å². The summed E-state index contributed by atoms with van der Waals surface area (Å²) in [6.45, 7) is 4.53. The second-order valence-corrected chi connectivity index (χ2v) is 10.3. The van der Waals surface area contributed by atoms with Gasteiger partial charge in [0.05, 0.1) is 18.5 Å². The second-order valence-electron chi connectivity index (χ2n) is 10.3. The molecule has 12 nitrogen and oxygen atoms in total. The first kappa shape index (κ1) is 39.1. The Morgan fingerprint density at radius 3 is 2.00 bits per heavy atom. The van der Waals surface area contributed by atoms with Crippen molar-refractivity contribution in [2.75, 3.05) is 13.7 Å². The Morgan fingerprint density at radius 1 is 0.979 bits per heavy atom. The van der Waals surface area contributed by atoms with Gasteiger partial charge in [-0.2, -0.15) is 26.3 Å². The van der Waals surface area contributed by atoms with Crippen LogP contribution in [-0.4, -0.2) is 81.1 Å². The Hall–Kier alpha value is -5.13. The molecule has 2 unspecified atom stereocenters. The number of carboxylic acids is 2. The maximum Gasteiger partial charge on any atom is 0.490 e. The minimum Gasteiger partial charge on any atom is -0.489 e. The number of halogens is 6. The summed E-state index contributed by atoms with van der Waals surface area (Å²) in [5, 5.41) is 24.3. The summed E-state index contributed by atoms with van der Waals surface area (Å²) < 4.78 is 74.8. The number of aromatic nitrogens is 1. The predicted octanol–water partition coefficient (Wildman–Crippen LogP) is 4.93. The third kappa shape index (κ3) is 10.7. The standard InChI is InChI=1S/C26H29N3O5.2C2HF3O2/c1-16(2)24(25(30)28-32)29-13-12-21(26(29)31)17-8-10-19(11-9-17)34-15-18-14-23(33-3)27-22-7-5-4-6-20(18)22;2*3-2(4,5)1(6)7/h4-11,14,16,21,24,32H,12-13,15H2,1-3H3,(H,28,30);2*(H,6,7). The number of nitrogens with zero attached hydrogens (tertiary/aromatic N) is 2. The van der Waals surface area contributed by atoms with E-state index in [1.54, 1.807) is 17.5 Å². The lowest BCUT2D eigenvalue weighted by Gasteiger charge is -2.29. The van der Waals surface area contributed by atoms with Crippen molar-refractivity contribution < 1.29 is 70.4 Å². The van der Waals surface area contributed by atoms with Gasteiger partial charge in [0.1, 0.15) is 18.4 Å². The molecular weight excluding hydrogens is 660 g/mol. The van der Waals surface area contributed by atoms with E-state index in [1.807, 2.05) is 68.4 Å². The van der Waals surface area contributed by atoms with Crippen molar-refractivity contribution in [3.63, 3.8) is 0 Å². The number of nitrogens with one attached hydrogen (secondary N) is 1. The first-order chi connectivity index (χ1) is 22.3. The van der Waals surface area contributed by atoms with Gasteiger partial charge in [0.15, 0.2) is 0 Å². The van der Waals surface area contributed by atoms with Crippen LogP contribution in [0.5, 0.6) is 11.6 Å². The molecule has 1 saturated heterocycles. The number of alkyl halides is 6. The largest absolute Gasteiger partial charge is 0.490 e. The molecule has 4 N–H and O–H groups in total. The normalized spacial score (nSPS) is 15.1. The Balaban J connectivity index is 0.000000479. The highest BCUT2D eigenvalue weighted by Crippen LogP contribution is 2.33. The number of hydroxylamine groups is 1. The number of carboxylic acid groups (broad SMARTS) is 2. The maximum absolute atomic E-state index is 13.1. The maximum atomic E-state index is 13.1. The molecule has 1 aliphatic rings. The molecule has 0 bridgehead atoms. The molecule has 2 atom stereocenters. The molecule has 2 amide bonds. The molecular formula is C30H31F6N3O9. The minimum absolute atomic E-state index is 0.105. The number of fused-ring (bicyclic) bond motifs is 1. The molecule has 1 aromatic heterocycles. The smallest absolute Gasteiger partial charge is 0.489 e. The molecule has 0 spiro atoms. The zero-order valence-corrected chi connectivity index (χ0v) is 25.5. The van der Waals surface area contributed by atoms with E-state index in [2.05, 4.69) is 4.98 Å². The average molecular weight is 692 g/mol. The molecule has 0 aliphatic carbocycles. The molecule has 4 rings (SSSR count). The Kier molecular flexibility index (Phi) is 13.5. The summed E-state index contributed by atoms with van der Waals surface area (Å²) >= 11 is 0. The molecule has 1 fully saturated rings. The van der Waals surface area contributed by atoms with Gasteiger partial charge < -0.3 is 24.6 Å². The summed E-state index contributed by atoms with van der Waals surface area (Å²) in [7, 11) is 1.59. The van der Waals surface area contributed by atoms with Crippen LogP contribution in [0.2, 0.25) is 0 Å².